The number of carbonyl (C=O) groups is 2. The minimum Gasteiger partial charge on any atom is -0.378 e. The Morgan fingerprint density at radius 1 is 1.36 bits per heavy atom. The summed E-state index contributed by atoms with van der Waals surface area (Å²) in [6.07, 6.45) is -3.76. The molecule has 1 amide bonds. The third-order valence-electron chi connectivity index (χ3n) is 4.26. The third-order valence-corrected chi connectivity index (χ3v) is 4.26. The van der Waals surface area contributed by atoms with Crippen LogP contribution < -0.4 is 4.90 Å². The Morgan fingerprint density at radius 3 is 2.46 bits per heavy atom. The lowest BCUT2D eigenvalue weighted by atomic mass is 9.95. The van der Waals surface area contributed by atoms with E-state index in [4.69, 9.17) is 4.74 Å². The molecule has 1 aromatic rings. The molecule has 0 aromatic heterocycles. The number of rotatable bonds is 10. The van der Waals surface area contributed by atoms with Gasteiger partial charge in [0.05, 0.1) is 11.0 Å². The summed E-state index contributed by atoms with van der Waals surface area (Å²) in [4.78, 5) is 34.6. The van der Waals surface area contributed by atoms with Gasteiger partial charge >= 0.3 is 6.18 Å². The van der Waals surface area contributed by atoms with Crippen LogP contribution in [0.2, 0.25) is 0 Å². The first-order valence-electron chi connectivity index (χ1n) is 8.75. The molecule has 0 aliphatic heterocycles. The number of amides is 1. The van der Waals surface area contributed by atoms with E-state index in [0.29, 0.717) is 31.4 Å². The number of ether oxygens (including phenoxy) is 1. The number of benzene rings is 1. The van der Waals surface area contributed by atoms with Gasteiger partial charge < -0.3 is 14.4 Å². The van der Waals surface area contributed by atoms with Crippen LogP contribution in [0.25, 0.3) is 0 Å². The second kappa shape index (κ2) is 10.2. The fourth-order valence-corrected chi connectivity index (χ4v) is 2.79. The highest BCUT2D eigenvalue weighted by Gasteiger charge is 2.39. The van der Waals surface area contributed by atoms with Crippen LogP contribution in [-0.2, 0) is 20.5 Å². The van der Waals surface area contributed by atoms with Crippen molar-refractivity contribution >= 4 is 23.6 Å². The summed E-state index contributed by atoms with van der Waals surface area (Å²) in [6, 6.07) is 2.32. The van der Waals surface area contributed by atoms with E-state index in [0.717, 1.165) is 17.4 Å². The smallest absolute Gasteiger partial charge is 0.378 e. The van der Waals surface area contributed by atoms with Crippen molar-refractivity contribution in [2.75, 3.05) is 18.6 Å². The lowest BCUT2D eigenvalue weighted by Gasteiger charge is -2.25. The first-order chi connectivity index (χ1) is 13.1. The Morgan fingerprint density at radius 2 is 2.00 bits per heavy atom. The topological polar surface area (TPSA) is 89.8 Å². The molecule has 10 heteroatoms. The van der Waals surface area contributed by atoms with Gasteiger partial charge in [0.2, 0.25) is 5.91 Å². The van der Waals surface area contributed by atoms with Gasteiger partial charge in [-0.15, -0.1) is 0 Å². The maximum atomic E-state index is 13.1. The predicted octanol–water partition coefficient (Wildman–Crippen LogP) is 3.99. The van der Waals surface area contributed by atoms with E-state index in [9.17, 15) is 32.9 Å². The Hall–Kier alpha value is -2.49. The van der Waals surface area contributed by atoms with Crippen molar-refractivity contribution < 1.29 is 32.4 Å². The zero-order valence-corrected chi connectivity index (χ0v) is 15.9. The van der Waals surface area contributed by atoms with Crippen molar-refractivity contribution in [1.29, 1.82) is 0 Å². The lowest BCUT2D eigenvalue weighted by molar-refractivity contribution is -0.388. The van der Waals surface area contributed by atoms with Crippen LogP contribution in [0.1, 0.15) is 38.7 Å². The van der Waals surface area contributed by atoms with Gasteiger partial charge in [-0.3, -0.25) is 14.9 Å². The summed E-state index contributed by atoms with van der Waals surface area (Å²) >= 11 is 0. The molecule has 0 heterocycles. The van der Waals surface area contributed by atoms with E-state index >= 15 is 0 Å². The number of aldehydes is 1. The molecule has 1 aromatic carbocycles. The Balaban J connectivity index is 3.09. The van der Waals surface area contributed by atoms with Crippen molar-refractivity contribution in [2.45, 2.75) is 45.4 Å². The summed E-state index contributed by atoms with van der Waals surface area (Å²) in [5, 5.41) is 10.8. The van der Waals surface area contributed by atoms with Gasteiger partial charge in [-0.05, 0) is 25.5 Å². The molecule has 0 aliphatic rings. The van der Waals surface area contributed by atoms with E-state index in [-0.39, 0.29) is 12.1 Å². The molecule has 7 nitrogen and oxygen atoms in total. The molecule has 0 N–H and O–H groups in total. The van der Waals surface area contributed by atoms with Crippen molar-refractivity contribution in [3.63, 3.8) is 0 Å². The molecular formula is C18H23F3N2O5. The van der Waals surface area contributed by atoms with E-state index < -0.39 is 40.3 Å². The molecule has 0 saturated carbocycles. The van der Waals surface area contributed by atoms with Gasteiger partial charge in [0.25, 0.3) is 5.69 Å². The summed E-state index contributed by atoms with van der Waals surface area (Å²) in [5.41, 5.74) is -2.70. The van der Waals surface area contributed by atoms with Crippen molar-refractivity contribution in [1.82, 2.24) is 0 Å². The number of nitro benzene ring substituents is 1. The average molecular weight is 404 g/mol. The summed E-state index contributed by atoms with van der Waals surface area (Å²) < 4.78 is 44.9. The van der Waals surface area contributed by atoms with Crippen LogP contribution in [0.15, 0.2) is 18.2 Å². The maximum Gasteiger partial charge on any atom is 0.423 e. The minimum absolute atomic E-state index is 0.156. The maximum absolute atomic E-state index is 13.1. The predicted molar refractivity (Wildman–Crippen MR) is 96.0 cm³/mol. The van der Waals surface area contributed by atoms with Crippen molar-refractivity contribution in [2.24, 2.45) is 5.92 Å². The first-order valence-corrected chi connectivity index (χ1v) is 8.75. The normalized spacial score (nSPS) is 13.6. The van der Waals surface area contributed by atoms with Crippen LogP contribution in [0, 0.1) is 16.0 Å². The van der Waals surface area contributed by atoms with E-state index in [1.807, 2.05) is 6.92 Å². The summed E-state index contributed by atoms with van der Waals surface area (Å²) in [5.74, 6) is -1.34. The molecule has 0 fully saturated rings. The van der Waals surface area contributed by atoms with Gasteiger partial charge in [0.1, 0.15) is 11.8 Å². The lowest BCUT2D eigenvalue weighted by Crippen LogP contribution is -2.34. The van der Waals surface area contributed by atoms with Crippen LogP contribution >= 0.6 is 0 Å². The van der Waals surface area contributed by atoms with Crippen LogP contribution in [0.3, 0.4) is 0 Å². The number of anilines is 1. The fourth-order valence-electron chi connectivity index (χ4n) is 2.79. The molecule has 0 saturated heterocycles. The van der Waals surface area contributed by atoms with Gasteiger partial charge in [-0.2, -0.15) is 13.2 Å². The van der Waals surface area contributed by atoms with E-state index in [1.54, 1.807) is 6.92 Å². The largest absolute Gasteiger partial charge is 0.423 e. The Kier molecular flexibility index (Phi) is 8.55. The van der Waals surface area contributed by atoms with Crippen LogP contribution in [0.5, 0.6) is 0 Å². The Bertz CT molecular complexity index is 703. The number of alkyl halides is 3. The number of hydrogen-bond acceptors (Lipinski definition) is 5. The molecule has 2 unspecified atom stereocenters. The molecule has 156 valence electrons. The number of nitrogens with zero attached hydrogens (tertiary/aromatic N) is 2. The van der Waals surface area contributed by atoms with E-state index in [1.165, 1.54) is 7.05 Å². The third kappa shape index (κ3) is 6.01. The number of nitro groups is 1. The average Bonchev–Trinajstić information content (AvgIpc) is 2.63. The minimum atomic E-state index is -4.95. The molecule has 0 spiro atoms. The molecule has 0 aliphatic carbocycles. The van der Waals surface area contributed by atoms with E-state index in [2.05, 4.69) is 0 Å². The monoisotopic (exact) mass is 404 g/mol. The van der Waals surface area contributed by atoms with Crippen molar-refractivity contribution in [3.05, 3.63) is 33.9 Å². The van der Waals surface area contributed by atoms with Gasteiger partial charge in [-0.25, -0.2) is 0 Å². The molecule has 0 bridgehead atoms. The van der Waals surface area contributed by atoms with Gasteiger partial charge in [-0.1, -0.05) is 13.3 Å². The summed E-state index contributed by atoms with van der Waals surface area (Å²) in [7, 11) is 1.25. The number of hydrogen-bond donors (Lipinski definition) is 0. The number of halogens is 3. The molecular weight excluding hydrogens is 381 g/mol. The molecule has 1 rings (SSSR count). The van der Waals surface area contributed by atoms with Crippen LogP contribution in [-0.4, -0.2) is 36.9 Å². The summed E-state index contributed by atoms with van der Waals surface area (Å²) in [6.45, 7) is 4.02. The highest BCUT2D eigenvalue weighted by atomic mass is 19.4. The molecule has 28 heavy (non-hydrogen) atoms. The van der Waals surface area contributed by atoms with Gasteiger partial charge in [0, 0.05) is 37.7 Å². The first kappa shape index (κ1) is 23.5. The zero-order chi connectivity index (χ0) is 21.5. The highest BCUT2D eigenvalue weighted by Crippen LogP contribution is 2.38. The molecule has 2 atom stereocenters. The number of carbonyl (C=O) groups excluding carboxylic acids is 2. The van der Waals surface area contributed by atoms with Crippen LogP contribution in [0.4, 0.5) is 24.5 Å². The van der Waals surface area contributed by atoms with Crippen molar-refractivity contribution in [3.8, 4) is 0 Å². The fraction of sp³-hybridized carbons (Fsp3) is 0.556. The second-order valence-corrected chi connectivity index (χ2v) is 6.20. The SMILES string of the molecule is CCCC(OCC)C(C=O)CC(=O)N(C)c1ccc([N+](=O)[O-])c(C(F)(F)F)c1. The zero-order valence-electron chi connectivity index (χ0n) is 15.9. The second-order valence-electron chi connectivity index (χ2n) is 6.20. The quantitative estimate of drug-likeness (QED) is 0.334. The highest BCUT2D eigenvalue weighted by molar-refractivity contribution is 5.94. The Labute approximate surface area is 160 Å². The van der Waals surface area contributed by atoms with Gasteiger partial charge in [0.15, 0.2) is 0 Å². The molecule has 0 radical (unpaired) electrons. The standard InChI is InChI=1S/C18H23F3N2O5/c1-4-6-16(28-5-2)12(11-24)9-17(25)22(3)13-7-8-15(23(26)27)14(10-13)18(19,20)21/h7-8,10-12,16H,4-6,9H2,1-3H3.